The predicted molar refractivity (Wildman–Crippen MR) is 111 cm³/mol. The summed E-state index contributed by atoms with van der Waals surface area (Å²) in [5, 5.41) is 17.2. The highest BCUT2D eigenvalue weighted by Crippen LogP contribution is 2.23. The summed E-state index contributed by atoms with van der Waals surface area (Å²) in [6, 6.07) is 6.87. The number of ether oxygens (including phenoxy) is 2. The molecule has 1 amide bonds. The van der Waals surface area contributed by atoms with Crippen LogP contribution in [0.4, 0.5) is 11.5 Å². The van der Waals surface area contributed by atoms with E-state index in [1.54, 1.807) is 0 Å². The lowest BCUT2D eigenvalue weighted by atomic mass is 10.1. The van der Waals surface area contributed by atoms with E-state index in [1.807, 2.05) is 0 Å². The first-order valence-corrected chi connectivity index (χ1v) is 9.60. The summed E-state index contributed by atoms with van der Waals surface area (Å²) in [6.07, 6.45) is 1.41. The Morgan fingerprint density at radius 3 is 2.31 bits per heavy atom. The highest BCUT2D eigenvalue weighted by Gasteiger charge is 2.21. The van der Waals surface area contributed by atoms with E-state index in [4.69, 9.17) is 4.42 Å². The zero-order valence-corrected chi connectivity index (χ0v) is 18.2. The zero-order valence-electron chi connectivity index (χ0n) is 16.7. The van der Waals surface area contributed by atoms with Crippen LogP contribution in [-0.4, -0.2) is 46.8 Å². The smallest absolute Gasteiger partial charge is 0.404 e. The van der Waals surface area contributed by atoms with Gasteiger partial charge in [0.15, 0.2) is 5.76 Å². The number of esters is 2. The number of nitro groups is 1. The van der Waals surface area contributed by atoms with Crippen LogP contribution in [0.3, 0.4) is 0 Å². The molecule has 0 unspecified atom stereocenters. The third kappa shape index (κ3) is 5.00. The summed E-state index contributed by atoms with van der Waals surface area (Å²) < 4.78 is 16.3. The van der Waals surface area contributed by atoms with Gasteiger partial charge in [0, 0.05) is 5.69 Å². The van der Waals surface area contributed by atoms with E-state index in [2.05, 4.69) is 35.8 Å². The summed E-state index contributed by atoms with van der Waals surface area (Å²) in [5.74, 6) is -2.15. The van der Waals surface area contributed by atoms with Crippen molar-refractivity contribution in [2.75, 3.05) is 19.5 Å². The molecule has 2 heterocycles. The second-order valence-electron chi connectivity index (χ2n) is 6.26. The van der Waals surface area contributed by atoms with Crippen LogP contribution in [0.2, 0.25) is 0 Å². The molecule has 0 saturated carbocycles. The van der Waals surface area contributed by atoms with Crippen LogP contribution in [0.15, 0.2) is 45.4 Å². The number of amides is 1. The maximum atomic E-state index is 12.6. The van der Waals surface area contributed by atoms with E-state index >= 15 is 0 Å². The highest BCUT2D eigenvalue weighted by molar-refractivity contribution is 9.10. The van der Waals surface area contributed by atoms with Crippen molar-refractivity contribution in [1.82, 2.24) is 9.78 Å². The molecule has 0 radical (unpaired) electrons. The molecule has 166 valence electrons. The van der Waals surface area contributed by atoms with Crippen LogP contribution in [0.1, 0.15) is 37.0 Å². The van der Waals surface area contributed by atoms with Gasteiger partial charge in [-0.3, -0.25) is 4.79 Å². The lowest BCUT2D eigenvalue weighted by Crippen LogP contribution is -2.13. The first-order valence-electron chi connectivity index (χ1n) is 8.81. The Morgan fingerprint density at radius 2 is 1.78 bits per heavy atom. The first-order chi connectivity index (χ1) is 15.2. The number of rotatable bonds is 7. The molecule has 32 heavy (non-hydrogen) atoms. The van der Waals surface area contributed by atoms with Crippen molar-refractivity contribution < 1.29 is 33.2 Å². The number of furan rings is 1. The van der Waals surface area contributed by atoms with Gasteiger partial charge in [0.2, 0.25) is 0 Å². The van der Waals surface area contributed by atoms with Gasteiger partial charge < -0.3 is 29.3 Å². The van der Waals surface area contributed by atoms with Gasteiger partial charge in [0.25, 0.3) is 5.91 Å². The van der Waals surface area contributed by atoms with Crippen molar-refractivity contribution >= 4 is 45.3 Å². The summed E-state index contributed by atoms with van der Waals surface area (Å²) in [5.41, 5.74) is 0.219. The minimum Gasteiger partial charge on any atom is -0.465 e. The third-order valence-electron chi connectivity index (χ3n) is 4.11. The maximum absolute atomic E-state index is 12.6. The molecule has 12 nitrogen and oxygen atoms in total. The summed E-state index contributed by atoms with van der Waals surface area (Å²) in [7, 11) is 2.37. The number of aromatic nitrogens is 2. The number of hydrogen-bond donors (Lipinski definition) is 1. The van der Waals surface area contributed by atoms with Gasteiger partial charge in [-0.05, 0) is 51.2 Å². The number of anilines is 1. The molecular weight excluding hydrogens is 492 g/mol. The van der Waals surface area contributed by atoms with Crippen molar-refractivity contribution in [3.63, 3.8) is 0 Å². The standard InChI is InChI=1S/C19H15BrN4O8/c1-30-18(26)10-5-11(19(27)31-2)7-12(6-10)21-17(25)15-4-3-13(32-15)8-23-9-14(20)16(22-23)24(28)29/h3-7,9H,8H2,1-2H3,(H,21,25). The van der Waals surface area contributed by atoms with Gasteiger partial charge in [0.05, 0.1) is 36.6 Å². The molecule has 0 saturated heterocycles. The van der Waals surface area contributed by atoms with Crippen LogP contribution < -0.4 is 5.32 Å². The lowest BCUT2D eigenvalue weighted by Gasteiger charge is -2.08. The van der Waals surface area contributed by atoms with Gasteiger partial charge in [-0.25, -0.2) is 9.59 Å². The minimum absolute atomic E-state index is 0.0386. The Hall–Kier alpha value is -4.00. The molecule has 0 aliphatic rings. The van der Waals surface area contributed by atoms with Crippen molar-refractivity contribution in [2.24, 2.45) is 0 Å². The number of benzene rings is 1. The van der Waals surface area contributed by atoms with Gasteiger partial charge in [-0.15, -0.1) is 0 Å². The predicted octanol–water partition coefficient (Wildman–Crippen LogP) is 3.02. The highest BCUT2D eigenvalue weighted by atomic mass is 79.9. The molecule has 0 bridgehead atoms. The van der Waals surface area contributed by atoms with Crippen LogP contribution in [0.5, 0.6) is 0 Å². The number of nitrogens with zero attached hydrogens (tertiary/aromatic N) is 3. The Bertz CT molecular complexity index is 1180. The largest absolute Gasteiger partial charge is 0.465 e. The molecular formula is C19H15BrN4O8. The van der Waals surface area contributed by atoms with Crippen molar-refractivity contribution in [3.05, 3.63) is 73.8 Å². The van der Waals surface area contributed by atoms with Gasteiger partial charge in [0.1, 0.15) is 16.8 Å². The van der Waals surface area contributed by atoms with E-state index < -0.39 is 22.8 Å². The quantitative estimate of drug-likeness (QED) is 0.289. The molecule has 0 aliphatic heterocycles. The summed E-state index contributed by atoms with van der Waals surface area (Å²) in [6.45, 7) is 0.0457. The lowest BCUT2D eigenvalue weighted by molar-refractivity contribution is -0.390. The average Bonchev–Trinajstić information content (AvgIpc) is 3.38. The third-order valence-corrected chi connectivity index (χ3v) is 4.67. The van der Waals surface area contributed by atoms with E-state index in [1.165, 1.54) is 55.4 Å². The monoisotopic (exact) mass is 506 g/mol. The Morgan fingerprint density at radius 1 is 1.16 bits per heavy atom. The molecule has 0 fully saturated rings. The van der Waals surface area contributed by atoms with E-state index in [-0.39, 0.29) is 39.4 Å². The van der Waals surface area contributed by atoms with Gasteiger partial charge in [-0.1, -0.05) is 0 Å². The number of nitrogens with one attached hydrogen (secondary N) is 1. The van der Waals surface area contributed by atoms with E-state index in [0.717, 1.165) is 0 Å². The number of hydrogen-bond acceptors (Lipinski definition) is 9. The van der Waals surface area contributed by atoms with Crippen LogP contribution in [0, 0.1) is 10.1 Å². The fourth-order valence-corrected chi connectivity index (χ4v) is 3.16. The van der Waals surface area contributed by atoms with E-state index in [9.17, 15) is 24.5 Å². The Kier molecular flexibility index (Phi) is 6.68. The Labute approximate surface area is 188 Å². The van der Waals surface area contributed by atoms with Gasteiger partial charge >= 0.3 is 17.8 Å². The zero-order chi connectivity index (χ0) is 23.4. The van der Waals surface area contributed by atoms with Crippen LogP contribution in [-0.2, 0) is 16.0 Å². The molecule has 0 spiro atoms. The maximum Gasteiger partial charge on any atom is 0.404 e. The first kappa shape index (κ1) is 22.7. The summed E-state index contributed by atoms with van der Waals surface area (Å²) in [4.78, 5) is 46.6. The van der Waals surface area contributed by atoms with Gasteiger partial charge in [-0.2, -0.15) is 4.68 Å². The van der Waals surface area contributed by atoms with Crippen LogP contribution in [0.25, 0.3) is 0 Å². The van der Waals surface area contributed by atoms with Crippen LogP contribution >= 0.6 is 15.9 Å². The number of halogens is 1. The molecule has 2 aromatic heterocycles. The van der Waals surface area contributed by atoms with Crippen molar-refractivity contribution in [2.45, 2.75) is 6.54 Å². The molecule has 0 atom stereocenters. The normalized spacial score (nSPS) is 10.5. The second-order valence-corrected chi connectivity index (χ2v) is 7.11. The molecule has 0 aliphatic carbocycles. The van der Waals surface area contributed by atoms with Crippen molar-refractivity contribution in [1.29, 1.82) is 0 Å². The number of carbonyl (C=O) groups excluding carboxylic acids is 3. The number of carbonyl (C=O) groups is 3. The van der Waals surface area contributed by atoms with Crippen molar-refractivity contribution in [3.8, 4) is 0 Å². The van der Waals surface area contributed by atoms with E-state index in [0.29, 0.717) is 5.76 Å². The molecule has 1 aromatic carbocycles. The topological polar surface area (TPSA) is 156 Å². The Balaban J connectivity index is 1.78. The molecule has 3 aromatic rings. The fraction of sp³-hybridized carbons (Fsp3) is 0.158. The number of methoxy groups -OCH3 is 2. The molecule has 13 heteroatoms. The summed E-state index contributed by atoms with van der Waals surface area (Å²) >= 11 is 3.05. The minimum atomic E-state index is -0.703. The molecule has 3 rings (SSSR count). The second kappa shape index (κ2) is 9.43. The fourth-order valence-electron chi connectivity index (χ4n) is 2.70. The average molecular weight is 507 g/mol. The SMILES string of the molecule is COC(=O)c1cc(NC(=O)c2ccc(Cn3cc(Br)c([N+](=O)[O-])n3)o2)cc(C(=O)OC)c1. The molecule has 1 N–H and O–H groups in total.